The summed E-state index contributed by atoms with van der Waals surface area (Å²) in [4.78, 5) is 15.5. The minimum Gasteiger partial charge on any atom is -0.497 e. The number of Topliss-reactive ketones (excluding diaryl/α,β-unsaturated/α-hetero) is 1. The summed E-state index contributed by atoms with van der Waals surface area (Å²) in [6, 6.07) is 15.2. The highest BCUT2D eigenvalue weighted by atomic mass is 35.5. The Hall–Kier alpha value is -3.48. The van der Waals surface area contributed by atoms with Gasteiger partial charge in [-0.2, -0.15) is 0 Å². The van der Waals surface area contributed by atoms with Crippen molar-refractivity contribution >= 4 is 23.5 Å². The third-order valence-corrected chi connectivity index (χ3v) is 6.75. The number of rotatable bonds is 6. The SMILES string of the molecule is COc1ccc(OC)c(/C=C2\Oc3c(cc4c(c3C)OCN(CCc3ccccc3Cl)C4)C2=O)c1. The number of ether oxygens (including phenoxy) is 4. The van der Waals surface area contributed by atoms with E-state index >= 15 is 0 Å². The van der Waals surface area contributed by atoms with Gasteiger partial charge >= 0.3 is 0 Å². The van der Waals surface area contributed by atoms with Crippen molar-refractivity contribution in [1.82, 2.24) is 4.90 Å². The number of hydrogen-bond donors (Lipinski definition) is 0. The number of benzene rings is 3. The van der Waals surface area contributed by atoms with Crippen molar-refractivity contribution in [1.29, 1.82) is 0 Å². The second-order valence-corrected chi connectivity index (χ2v) is 8.99. The molecule has 2 aliphatic heterocycles. The Labute approximate surface area is 209 Å². The number of hydrogen-bond acceptors (Lipinski definition) is 6. The largest absolute Gasteiger partial charge is 0.497 e. The van der Waals surface area contributed by atoms with Crippen molar-refractivity contribution in [3.05, 3.63) is 87.1 Å². The zero-order valence-electron chi connectivity index (χ0n) is 19.9. The smallest absolute Gasteiger partial charge is 0.231 e. The molecule has 0 saturated carbocycles. The molecule has 0 spiro atoms. The predicted octanol–water partition coefficient (Wildman–Crippen LogP) is 5.68. The summed E-state index contributed by atoms with van der Waals surface area (Å²) < 4.78 is 22.9. The van der Waals surface area contributed by atoms with Gasteiger partial charge in [-0.05, 0) is 55.3 Å². The molecule has 0 atom stereocenters. The Morgan fingerprint density at radius 1 is 1.09 bits per heavy atom. The average molecular weight is 492 g/mol. The maximum absolute atomic E-state index is 13.3. The van der Waals surface area contributed by atoms with Gasteiger partial charge in [0.15, 0.2) is 5.76 Å². The number of allylic oxidation sites excluding steroid dienone is 1. The molecule has 0 bridgehead atoms. The first kappa shape index (κ1) is 23.3. The molecule has 0 amide bonds. The second-order valence-electron chi connectivity index (χ2n) is 8.58. The van der Waals surface area contributed by atoms with E-state index in [1.165, 1.54) is 0 Å². The predicted molar refractivity (Wildman–Crippen MR) is 135 cm³/mol. The number of carbonyl (C=O) groups excluding carboxylic acids is 1. The lowest BCUT2D eigenvalue weighted by molar-refractivity contribution is 0.0954. The summed E-state index contributed by atoms with van der Waals surface area (Å²) in [7, 11) is 3.18. The molecule has 0 radical (unpaired) electrons. The van der Waals surface area contributed by atoms with Gasteiger partial charge in [-0.15, -0.1) is 0 Å². The highest BCUT2D eigenvalue weighted by Gasteiger charge is 2.33. The summed E-state index contributed by atoms with van der Waals surface area (Å²) in [6.07, 6.45) is 2.51. The molecule has 0 unspecified atom stereocenters. The number of fused-ring (bicyclic) bond motifs is 2. The molecular weight excluding hydrogens is 466 g/mol. The van der Waals surface area contributed by atoms with Crippen LogP contribution in [0.5, 0.6) is 23.0 Å². The van der Waals surface area contributed by atoms with Crippen molar-refractivity contribution in [3.63, 3.8) is 0 Å². The molecule has 0 aromatic heterocycles. The van der Waals surface area contributed by atoms with Crippen LogP contribution in [-0.2, 0) is 13.0 Å². The lowest BCUT2D eigenvalue weighted by atomic mass is 9.99. The summed E-state index contributed by atoms with van der Waals surface area (Å²) in [5.41, 5.74) is 4.16. The molecule has 3 aromatic rings. The number of carbonyl (C=O) groups is 1. The third-order valence-electron chi connectivity index (χ3n) is 6.38. The Bertz CT molecular complexity index is 1330. The zero-order valence-corrected chi connectivity index (χ0v) is 20.6. The normalized spacial score (nSPS) is 15.9. The van der Waals surface area contributed by atoms with Gasteiger partial charge < -0.3 is 18.9 Å². The molecule has 2 heterocycles. The van der Waals surface area contributed by atoms with Gasteiger partial charge in [-0.1, -0.05) is 29.8 Å². The maximum atomic E-state index is 13.3. The maximum Gasteiger partial charge on any atom is 0.231 e. The number of halogens is 1. The van der Waals surface area contributed by atoms with Gasteiger partial charge in [-0.3, -0.25) is 9.69 Å². The van der Waals surface area contributed by atoms with Gasteiger partial charge in [0, 0.05) is 34.8 Å². The fourth-order valence-electron chi connectivity index (χ4n) is 4.51. The third kappa shape index (κ3) is 4.47. The number of methoxy groups -OCH3 is 2. The van der Waals surface area contributed by atoms with E-state index in [9.17, 15) is 4.79 Å². The Morgan fingerprint density at radius 3 is 2.69 bits per heavy atom. The van der Waals surface area contributed by atoms with Crippen molar-refractivity contribution in [2.75, 3.05) is 27.5 Å². The molecule has 35 heavy (non-hydrogen) atoms. The van der Waals surface area contributed by atoms with Crippen LogP contribution in [0.3, 0.4) is 0 Å². The summed E-state index contributed by atoms with van der Waals surface area (Å²) >= 11 is 6.31. The molecule has 2 aliphatic rings. The van der Waals surface area contributed by atoms with E-state index in [0.717, 1.165) is 40.4 Å². The molecular formula is C28H26ClNO5. The first-order valence-corrected chi connectivity index (χ1v) is 11.8. The van der Waals surface area contributed by atoms with E-state index in [0.29, 0.717) is 41.7 Å². The van der Waals surface area contributed by atoms with Crippen LogP contribution < -0.4 is 18.9 Å². The highest BCUT2D eigenvalue weighted by molar-refractivity contribution is 6.31. The van der Waals surface area contributed by atoms with Crippen LogP contribution in [0, 0.1) is 6.92 Å². The van der Waals surface area contributed by atoms with Crippen LogP contribution in [-0.4, -0.2) is 38.2 Å². The minimum absolute atomic E-state index is 0.163. The van der Waals surface area contributed by atoms with E-state index in [2.05, 4.69) is 4.90 Å². The van der Waals surface area contributed by atoms with Gasteiger partial charge in [0.25, 0.3) is 0 Å². The van der Waals surface area contributed by atoms with Gasteiger partial charge in [0.1, 0.15) is 29.7 Å². The molecule has 180 valence electrons. The van der Waals surface area contributed by atoms with Crippen LogP contribution in [0.4, 0.5) is 0 Å². The molecule has 3 aromatic carbocycles. The van der Waals surface area contributed by atoms with E-state index in [1.807, 2.05) is 43.3 Å². The van der Waals surface area contributed by atoms with Crippen LogP contribution in [0.25, 0.3) is 6.08 Å². The van der Waals surface area contributed by atoms with Crippen LogP contribution in [0.2, 0.25) is 5.02 Å². The standard InChI is InChI=1S/C28H26ClNO5/c1-17-27-20(15-30(16-34-27)11-10-18-6-4-5-7-23(18)29)13-22-26(31)25(35-28(17)22)14-19-12-21(32-2)8-9-24(19)33-3/h4-9,12-14H,10-11,15-16H2,1-3H3/b25-14-. The first-order valence-electron chi connectivity index (χ1n) is 11.4. The minimum atomic E-state index is -0.163. The topological polar surface area (TPSA) is 57.2 Å². The van der Waals surface area contributed by atoms with E-state index in [4.69, 9.17) is 30.5 Å². The second kappa shape index (κ2) is 9.64. The van der Waals surface area contributed by atoms with Crippen LogP contribution >= 0.6 is 11.6 Å². The van der Waals surface area contributed by atoms with Gasteiger partial charge in [0.2, 0.25) is 5.78 Å². The Kier molecular flexibility index (Phi) is 6.41. The molecule has 0 fully saturated rings. The average Bonchev–Trinajstić information content (AvgIpc) is 3.18. The number of nitrogens with zero attached hydrogens (tertiary/aromatic N) is 1. The fourth-order valence-corrected chi connectivity index (χ4v) is 4.74. The molecule has 5 rings (SSSR count). The van der Waals surface area contributed by atoms with Crippen molar-refractivity contribution < 1.29 is 23.7 Å². The molecule has 6 nitrogen and oxygen atoms in total. The van der Waals surface area contributed by atoms with E-state index < -0.39 is 0 Å². The Balaban J connectivity index is 1.39. The van der Waals surface area contributed by atoms with Crippen molar-refractivity contribution in [3.8, 4) is 23.0 Å². The summed E-state index contributed by atoms with van der Waals surface area (Å²) in [5.74, 6) is 2.70. The first-order chi connectivity index (χ1) is 17.0. The lowest BCUT2D eigenvalue weighted by Gasteiger charge is -2.30. The summed E-state index contributed by atoms with van der Waals surface area (Å²) in [6.45, 7) is 3.88. The lowest BCUT2D eigenvalue weighted by Crippen LogP contribution is -2.34. The van der Waals surface area contributed by atoms with Crippen molar-refractivity contribution in [2.45, 2.75) is 19.9 Å². The van der Waals surface area contributed by atoms with Crippen LogP contribution in [0.1, 0.15) is 32.6 Å². The van der Waals surface area contributed by atoms with Gasteiger partial charge in [0.05, 0.1) is 19.8 Å². The monoisotopic (exact) mass is 491 g/mol. The number of ketones is 1. The summed E-state index contributed by atoms with van der Waals surface area (Å²) in [5, 5.41) is 0.772. The quantitative estimate of drug-likeness (QED) is 0.414. The van der Waals surface area contributed by atoms with Crippen LogP contribution in [0.15, 0.2) is 54.3 Å². The van der Waals surface area contributed by atoms with Gasteiger partial charge in [-0.25, -0.2) is 0 Å². The zero-order chi connectivity index (χ0) is 24.5. The molecule has 7 heteroatoms. The van der Waals surface area contributed by atoms with E-state index in [1.54, 1.807) is 32.4 Å². The van der Waals surface area contributed by atoms with E-state index in [-0.39, 0.29) is 11.5 Å². The Morgan fingerprint density at radius 2 is 1.91 bits per heavy atom. The molecule has 0 aliphatic carbocycles. The molecule has 0 N–H and O–H groups in total. The van der Waals surface area contributed by atoms with Crippen molar-refractivity contribution in [2.24, 2.45) is 0 Å². The molecule has 0 saturated heterocycles. The highest BCUT2D eigenvalue weighted by Crippen LogP contribution is 2.43. The fraction of sp³-hybridized carbons (Fsp3) is 0.250.